The van der Waals surface area contributed by atoms with Crippen LogP contribution in [0.15, 0.2) is 30.5 Å². The second-order valence-electron chi connectivity index (χ2n) is 13.3. The van der Waals surface area contributed by atoms with Crippen LogP contribution in [0.1, 0.15) is 44.1 Å². The minimum absolute atomic E-state index is 0.0122. The topological polar surface area (TPSA) is 94.8 Å². The van der Waals surface area contributed by atoms with E-state index in [1.54, 1.807) is 0 Å². The number of pyridine rings is 1. The highest BCUT2D eigenvalue weighted by Gasteiger charge is 2.47. The number of aromatic nitrogens is 3. The van der Waals surface area contributed by atoms with E-state index in [2.05, 4.69) is 32.8 Å². The van der Waals surface area contributed by atoms with E-state index in [1.807, 2.05) is 0 Å². The highest BCUT2D eigenvalue weighted by Crippen LogP contribution is 2.48. The second kappa shape index (κ2) is 11.8. The Hall–Kier alpha value is -4.21. The van der Waals surface area contributed by atoms with Gasteiger partial charge in [-0.05, 0) is 62.9 Å². The number of phenols is 1. The van der Waals surface area contributed by atoms with Crippen LogP contribution < -0.4 is 9.64 Å². The van der Waals surface area contributed by atoms with Crippen LogP contribution >= 0.6 is 0 Å². The molecule has 2 saturated heterocycles. The van der Waals surface area contributed by atoms with Gasteiger partial charge in [0.1, 0.15) is 28.6 Å². The third-order valence-corrected chi connectivity index (χ3v) is 10.2. The number of nitrogens with zero attached hydrogens (tertiary/aromatic N) is 5. The Morgan fingerprint density at radius 1 is 1.15 bits per heavy atom. The van der Waals surface area contributed by atoms with Gasteiger partial charge < -0.3 is 24.7 Å². The summed E-state index contributed by atoms with van der Waals surface area (Å²) in [7, 11) is 2.11. The van der Waals surface area contributed by atoms with Gasteiger partial charge in [-0.15, -0.1) is 6.42 Å². The third-order valence-electron chi connectivity index (χ3n) is 10.2. The van der Waals surface area contributed by atoms with Crippen molar-refractivity contribution in [3.05, 3.63) is 47.7 Å². The van der Waals surface area contributed by atoms with Crippen molar-refractivity contribution in [2.24, 2.45) is 11.3 Å². The lowest BCUT2D eigenvalue weighted by atomic mass is 9.76. The summed E-state index contributed by atoms with van der Waals surface area (Å²) in [6.07, 6.45) is 11.5. The maximum atomic E-state index is 16.8. The molecule has 3 fully saturated rings. The van der Waals surface area contributed by atoms with Crippen molar-refractivity contribution in [2.45, 2.75) is 50.5 Å². The minimum atomic E-state index is -3.13. The summed E-state index contributed by atoms with van der Waals surface area (Å²) in [5.41, 5.74) is -0.724. The number of alkyl halides is 2. The van der Waals surface area contributed by atoms with E-state index in [0.29, 0.717) is 11.4 Å². The van der Waals surface area contributed by atoms with E-state index in [4.69, 9.17) is 11.2 Å². The maximum absolute atomic E-state index is 16.8. The Balaban J connectivity index is 1.39. The van der Waals surface area contributed by atoms with Crippen LogP contribution in [0.25, 0.3) is 32.9 Å². The number of rotatable bonds is 6. The fourth-order valence-electron chi connectivity index (χ4n) is 8.14. The van der Waals surface area contributed by atoms with E-state index in [0.717, 1.165) is 38.6 Å². The van der Waals surface area contributed by atoms with Gasteiger partial charge in [0.25, 0.3) is 5.92 Å². The van der Waals surface area contributed by atoms with Gasteiger partial charge >= 0.3 is 6.01 Å². The minimum Gasteiger partial charge on any atom is -0.508 e. The first-order chi connectivity index (χ1) is 22.5. The van der Waals surface area contributed by atoms with Gasteiger partial charge in [-0.2, -0.15) is 9.97 Å². The molecule has 2 aromatic carbocycles. The normalized spacial score (nSPS) is 24.4. The number of fused-ring (bicyclic) bond motifs is 3. The predicted octanol–water partition coefficient (Wildman–Crippen LogP) is 5.91. The first kappa shape index (κ1) is 31.4. The third kappa shape index (κ3) is 5.49. The summed E-state index contributed by atoms with van der Waals surface area (Å²) in [6.45, 7) is 0.181. The van der Waals surface area contributed by atoms with Crippen LogP contribution in [0.2, 0.25) is 0 Å². The Morgan fingerprint density at radius 2 is 1.96 bits per heavy atom. The molecule has 0 spiro atoms. The number of likely N-dealkylation sites (tertiary alicyclic amines) is 1. The van der Waals surface area contributed by atoms with Crippen molar-refractivity contribution in [2.75, 3.05) is 44.8 Å². The second-order valence-corrected chi connectivity index (χ2v) is 13.3. The van der Waals surface area contributed by atoms with E-state index in [9.17, 15) is 23.4 Å². The molecular weight excluding hydrogens is 614 g/mol. The molecule has 8 nitrogen and oxygen atoms in total. The highest BCUT2D eigenvalue weighted by molar-refractivity contribution is 6.03. The maximum Gasteiger partial charge on any atom is 0.319 e. The summed E-state index contributed by atoms with van der Waals surface area (Å²) >= 11 is 0. The monoisotopic (exact) mass is 649 g/mol. The van der Waals surface area contributed by atoms with E-state index in [1.165, 1.54) is 35.4 Å². The lowest BCUT2D eigenvalue weighted by Crippen LogP contribution is -2.50. The molecule has 1 saturated carbocycles. The van der Waals surface area contributed by atoms with Gasteiger partial charge in [0.15, 0.2) is 5.82 Å². The number of piperidine rings is 2. The van der Waals surface area contributed by atoms with Crippen LogP contribution in [0.4, 0.5) is 23.4 Å². The average Bonchev–Trinajstić information content (AvgIpc) is 3.48. The summed E-state index contributed by atoms with van der Waals surface area (Å²) in [5, 5.41) is 20.9. The number of phenolic OH excluding ortho intramolecular Hbond substituents is 1. The molecule has 3 aliphatic rings. The summed E-state index contributed by atoms with van der Waals surface area (Å²) < 4.78 is 67.7. The number of ether oxygens (including phenoxy) is 1. The zero-order chi connectivity index (χ0) is 33.1. The molecular formula is C35H35F4N5O3. The number of hydrogen-bond donors (Lipinski definition) is 2. The van der Waals surface area contributed by atoms with Gasteiger partial charge in [0.05, 0.1) is 24.1 Å². The molecule has 2 unspecified atom stereocenters. The molecule has 2 aromatic heterocycles. The van der Waals surface area contributed by atoms with Crippen LogP contribution in [0, 0.1) is 35.3 Å². The molecule has 0 amide bonds. The van der Waals surface area contributed by atoms with Crippen LogP contribution in [-0.4, -0.2) is 81.9 Å². The standard InChI is InChI=1S/C35H35F4N5O3/c1-3-23-26(36)8-7-21-12-22(46)13-24(28(21)23)30-29(37)31-25(15-40-30)32(44-16-20(17-45)14-35(38,39)18-44)42-33(41-31)47-19-34-9-4-6-27(34)43(2)11-5-10-34/h1,7-8,12-13,15,20,27,45-46H,4-6,9-11,14,16-19H2,2H3/t20?,27?,34-/m1/s1. The number of anilines is 1. The smallest absolute Gasteiger partial charge is 0.319 e. The molecule has 7 rings (SSSR count). The molecule has 246 valence electrons. The first-order valence-corrected chi connectivity index (χ1v) is 15.9. The number of aliphatic hydroxyl groups excluding tert-OH is 1. The molecule has 4 heterocycles. The molecule has 2 N–H and O–H groups in total. The molecule has 1 aliphatic carbocycles. The molecule has 4 aromatic rings. The molecule has 47 heavy (non-hydrogen) atoms. The van der Waals surface area contributed by atoms with Gasteiger partial charge in [0, 0.05) is 54.1 Å². The quantitative estimate of drug-likeness (QED) is 0.197. The molecule has 12 heteroatoms. The Bertz CT molecular complexity index is 1920. The molecule has 0 bridgehead atoms. The van der Waals surface area contributed by atoms with Crippen molar-refractivity contribution in [3.63, 3.8) is 0 Å². The van der Waals surface area contributed by atoms with Crippen molar-refractivity contribution in [3.8, 4) is 35.4 Å². The zero-order valence-electron chi connectivity index (χ0n) is 25.9. The van der Waals surface area contributed by atoms with E-state index >= 15 is 4.39 Å². The average molecular weight is 650 g/mol. The van der Waals surface area contributed by atoms with Gasteiger partial charge in [-0.25, -0.2) is 17.6 Å². The Kier molecular flexibility index (Phi) is 7.88. The molecule has 2 aliphatic heterocycles. The van der Waals surface area contributed by atoms with Gasteiger partial charge in [-0.1, -0.05) is 18.4 Å². The summed E-state index contributed by atoms with van der Waals surface area (Å²) in [5.74, 6) is -3.39. The molecule has 0 radical (unpaired) electrons. The van der Waals surface area contributed by atoms with Gasteiger partial charge in [-0.3, -0.25) is 4.98 Å². The number of hydrogen-bond acceptors (Lipinski definition) is 8. The van der Waals surface area contributed by atoms with Crippen LogP contribution in [0.3, 0.4) is 0 Å². The summed E-state index contributed by atoms with van der Waals surface area (Å²) in [4.78, 5) is 17.0. The fraction of sp³-hybridized carbons (Fsp3) is 0.457. The van der Waals surface area contributed by atoms with E-state index < -0.39 is 43.0 Å². The first-order valence-electron chi connectivity index (χ1n) is 15.9. The van der Waals surface area contributed by atoms with Gasteiger partial charge in [0.2, 0.25) is 0 Å². The van der Waals surface area contributed by atoms with Crippen LogP contribution in [0.5, 0.6) is 11.8 Å². The zero-order valence-corrected chi connectivity index (χ0v) is 25.9. The number of aromatic hydroxyl groups is 1. The lowest BCUT2D eigenvalue weighted by molar-refractivity contribution is -0.0375. The lowest BCUT2D eigenvalue weighted by Gasteiger charge is -2.44. The number of terminal acetylenes is 1. The number of benzene rings is 2. The summed E-state index contributed by atoms with van der Waals surface area (Å²) in [6, 6.07) is 5.38. The number of aliphatic hydroxyl groups is 1. The Labute approximate surface area is 269 Å². The SMILES string of the molecule is C#Cc1c(F)ccc2cc(O)cc(-c3ncc4c(N5CC(CO)CC(F)(F)C5)nc(OC[C@]56CCCC5N(C)CCC6)nc4c3F)c12. The van der Waals surface area contributed by atoms with Crippen molar-refractivity contribution in [1.29, 1.82) is 0 Å². The van der Waals surface area contributed by atoms with E-state index in [-0.39, 0.29) is 69.3 Å². The largest absolute Gasteiger partial charge is 0.508 e. The Morgan fingerprint density at radius 3 is 2.74 bits per heavy atom. The molecule has 3 atom stereocenters. The van der Waals surface area contributed by atoms with Crippen molar-refractivity contribution >= 4 is 27.5 Å². The van der Waals surface area contributed by atoms with Crippen LogP contribution in [-0.2, 0) is 0 Å². The predicted molar refractivity (Wildman–Crippen MR) is 170 cm³/mol. The van der Waals surface area contributed by atoms with Crippen molar-refractivity contribution in [1.82, 2.24) is 19.9 Å². The fourth-order valence-corrected chi connectivity index (χ4v) is 8.14. The van der Waals surface area contributed by atoms with Crippen molar-refractivity contribution < 1.29 is 32.5 Å². The number of halogens is 4. The highest BCUT2D eigenvalue weighted by atomic mass is 19.3.